The fourth-order valence-corrected chi connectivity index (χ4v) is 5.80. The SMILES string of the molecule is Cc1cnn(C)c1-c1ccc(NCCC2CCC3CN(CCc4ccccc4)CC23)nn1. The highest BCUT2D eigenvalue weighted by Gasteiger charge is 2.41. The molecule has 2 fully saturated rings. The molecule has 6 nitrogen and oxygen atoms in total. The molecule has 3 unspecified atom stereocenters. The zero-order chi connectivity index (χ0) is 21.9. The number of hydrogen-bond acceptors (Lipinski definition) is 5. The molecule has 2 aliphatic rings. The van der Waals surface area contributed by atoms with E-state index in [2.05, 4.69) is 62.8 Å². The average Bonchev–Trinajstić information content (AvgIpc) is 3.49. The van der Waals surface area contributed by atoms with E-state index in [0.29, 0.717) is 0 Å². The summed E-state index contributed by atoms with van der Waals surface area (Å²) in [6.45, 7) is 6.79. The number of nitrogens with zero attached hydrogens (tertiary/aromatic N) is 5. The third-order valence-corrected chi connectivity index (χ3v) is 7.49. The first-order valence-corrected chi connectivity index (χ1v) is 12.0. The normalized spacial score (nSPS) is 22.9. The number of hydrogen-bond donors (Lipinski definition) is 1. The number of aromatic nitrogens is 4. The molecule has 3 heterocycles. The summed E-state index contributed by atoms with van der Waals surface area (Å²) in [4.78, 5) is 2.70. The molecule has 6 heteroatoms. The zero-order valence-electron chi connectivity index (χ0n) is 19.2. The Balaban J connectivity index is 1.09. The molecule has 1 aromatic carbocycles. The molecule has 1 saturated heterocycles. The summed E-state index contributed by atoms with van der Waals surface area (Å²) in [6, 6.07) is 15.0. The van der Waals surface area contributed by atoms with Gasteiger partial charge in [0.2, 0.25) is 0 Å². The van der Waals surface area contributed by atoms with Gasteiger partial charge >= 0.3 is 0 Å². The van der Waals surface area contributed by atoms with Crippen LogP contribution >= 0.6 is 0 Å². The van der Waals surface area contributed by atoms with Crippen LogP contribution in [0.2, 0.25) is 0 Å². The fourth-order valence-electron chi connectivity index (χ4n) is 5.80. The molecule has 1 saturated carbocycles. The molecule has 3 aromatic rings. The fraction of sp³-hybridized carbons (Fsp3) is 0.500. The number of nitrogens with one attached hydrogen (secondary N) is 1. The number of fused-ring (bicyclic) bond motifs is 1. The molecular formula is C26H34N6. The predicted octanol–water partition coefficient (Wildman–Crippen LogP) is 4.19. The lowest BCUT2D eigenvalue weighted by molar-refractivity contribution is 0.288. The van der Waals surface area contributed by atoms with Gasteiger partial charge in [0.25, 0.3) is 0 Å². The molecule has 5 rings (SSSR count). The largest absolute Gasteiger partial charge is 0.369 e. The summed E-state index contributed by atoms with van der Waals surface area (Å²) in [7, 11) is 1.94. The average molecular weight is 431 g/mol. The van der Waals surface area contributed by atoms with Gasteiger partial charge in [0.05, 0.1) is 11.9 Å². The lowest BCUT2D eigenvalue weighted by Gasteiger charge is -2.21. The number of benzene rings is 1. The van der Waals surface area contributed by atoms with Crippen molar-refractivity contribution in [2.75, 3.05) is 31.5 Å². The van der Waals surface area contributed by atoms with Crippen molar-refractivity contribution in [3.63, 3.8) is 0 Å². The van der Waals surface area contributed by atoms with Gasteiger partial charge in [-0.25, -0.2) is 0 Å². The topological polar surface area (TPSA) is 58.9 Å². The van der Waals surface area contributed by atoms with Gasteiger partial charge in [-0.2, -0.15) is 5.10 Å². The van der Waals surface area contributed by atoms with Crippen LogP contribution in [0.25, 0.3) is 11.4 Å². The van der Waals surface area contributed by atoms with Gasteiger partial charge in [-0.15, -0.1) is 10.2 Å². The molecule has 1 N–H and O–H groups in total. The minimum Gasteiger partial charge on any atom is -0.369 e. The third kappa shape index (κ3) is 4.56. The Morgan fingerprint density at radius 2 is 1.91 bits per heavy atom. The van der Waals surface area contributed by atoms with Gasteiger partial charge in [-0.05, 0) is 73.6 Å². The number of rotatable bonds is 8. The van der Waals surface area contributed by atoms with Crippen LogP contribution in [0, 0.1) is 24.7 Å². The van der Waals surface area contributed by atoms with Gasteiger partial charge in [0, 0.05) is 33.2 Å². The minimum atomic E-state index is 0.832. The molecule has 0 bridgehead atoms. The molecule has 2 aromatic heterocycles. The molecule has 1 aliphatic carbocycles. The summed E-state index contributed by atoms with van der Waals surface area (Å²) in [5.41, 5.74) is 4.47. The van der Waals surface area contributed by atoms with Crippen molar-refractivity contribution >= 4 is 5.82 Å². The van der Waals surface area contributed by atoms with Crippen molar-refractivity contribution in [3.8, 4) is 11.4 Å². The molecule has 1 aliphatic heterocycles. The standard InChI is InChI=1S/C26H34N6/c1-19-16-28-31(2)26(19)24-10-11-25(30-29-24)27-14-12-21-8-9-22-17-32(18-23(21)22)15-13-20-6-4-3-5-7-20/h3-7,10-11,16,21-23H,8-9,12-15,17-18H2,1-2H3,(H,27,30). The maximum atomic E-state index is 4.42. The predicted molar refractivity (Wildman–Crippen MR) is 128 cm³/mol. The van der Waals surface area contributed by atoms with E-state index in [9.17, 15) is 0 Å². The second-order valence-electron chi connectivity index (χ2n) is 9.58. The van der Waals surface area contributed by atoms with Crippen LogP contribution < -0.4 is 5.32 Å². The second kappa shape index (κ2) is 9.41. The van der Waals surface area contributed by atoms with Crippen molar-refractivity contribution in [3.05, 3.63) is 59.8 Å². The van der Waals surface area contributed by atoms with Gasteiger partial charge in [-0.1, -0.05) is 30.3 Å². The number of aryl methyl sites for hydroxylation is 2. The lowest BCUT2D eigenvalue weighted by atomic mass is 9.90. The van der Waals surface area contributed by atoms with E-state index < -0.39 is 0 Å². The van der Waals surface area contributed by atoms with Crippen molar-refractivity contribution in [1.82, 2.24) is 24.9 Å². The lowest BCUT2D eigenvalue weighted by Crippen LogP contribution is -2.26. The van der Waals surface area contributed by atoms with Crippen LogP contribution in [-0.2, 0) is 13.5 Å². The molecule has 0 spiro atoms. The molecular weight excluding hydrogens is 396 g/mol. The van der Waals surface area contributed by atoms with Gasteiger partial charge in [0.15, 0.2) is 0 Å². The highest BCUT2D eigenvalue weighted by atomic mass is 15.3. The van der Waals surface area contributed by atoms with E-state index in [1.54, 1.807) is 0 Å². The van der Waals surface area contributed by atoms with Crippen LogP contribution in [0.3, 0.4) is 0 Å². The quantitative estimate of drug-likeness (QED) is 0.581. The number of likely N-dealkylation sites (tertiary alicyclic amines) is 1. The first-order chi connectivity index (χ1) is 15.7. The first kappa shape index (κ1) is 21.1. The van der Waals surface area contributed by atoms with Crippen LogP contribution in [0.4, 0.5) is 5.82 Å². The Kier molecular flexibility index (Phi) is 6.21. The van der Waals surface area contributed by atoms with E-state index in [-0.39, 0.29) is 0 Å². The molecule has 0 radical (unpaired) electrons. The van der Waals surface area contributed by atoms with E-state index in [1.165, 1.54) is 50.9 Å². The summed E-state index contributed by atoms with van der Waals surface area (Å²) in [6.07, 6.45) is 7.03. The number of anilines is 1. The van der Waals surface area contributed by atoms with Crippen molar-refractivity contribution in [1.29, 1.82) is 0 Å². The Morgan fingerprint density at radius 3 is 2.66 bits per heavy atom. The van der Waals surface area contributed by atoms with Crippen LogP contribution in [0.1, 0.15) is 30.4 Å². The second-order valence-corrected chi connectivity index (χ2v) is 9.58. The van der Waals surface area contributed by atoms with Crippen molar-refractivity contribution in [2.24, 2.45) is 24.8 Å². The monoisotopic (exact) mass is 430 g/mol. The molecule has 32 heavy (non-hydrogen) atoms. The molecule has 168 valence electrons. The third-order valence-electron chi connectivity index (χ3n) is 7.49. The highest BCUT2D eigenvalue weighted by Crippen LogP contribution is 2.43. The van der Waals surface area contributed by atoms with Crippen LogP contribution in [0.15, 0.2) is 48.7 Å². The van der Waals surface area contributed by atoms with Crippen LogP contribution in [-0.4, -0.2) is 51.1 Å². The van der Waals surface area contributed by atoms with Gasteiger partial charge in [-0.3, -0.25) is 4.68 Å². The van der Waals surface area contributed by atoms with Gasteiger partial charge < -0.3 is 10.2 Å². The maximum absolute atomic E-state index is 4.42. The van der Waals surface area contributed by atoms with Crippen molar-refractivity contribution in [2.45, 2.75) is 32.6 Å². The van der Waals surface area contributed by atoms with Crippen molar-refractivity contribution < 1.29 is 0 Å². The zero-order valence-corrected chi connectivity index (χ0v) is 19.2. The summed E-state index contributed by atoms with van der Waals surface area (Å²) >= 11 is 0. The maximum Gasteiger partial charge on any atom is 0.148 e. The highest BCUT2D eigenvalue weighted by molar-refractivity contribution is 5.59. The van der Waals surface area contributed by atoms with Crippen LogP contribution in [0.5, 0.6) is 0 Å². The minimum absolute atomic E-state index is 0.832. The van der Waals surface area contributed by atoms with E-state index in [4.69, 9.17) is 0 Å². The Morgan fingerprint density at radius 1 is 1.03 bits per heavy atom. The first-order valence-electron chi connectivity index (χ1n) is 12.0. The van der Waals surface area contributed by atoms with Gasteiger partial charge in [0.1, 0.15) is 11.5 Å². The summed E-state index contributed by atoms with van der Waals surface area (Å²) in [5, 5.41) is 16.6. The molecule has 0 amide bonds. The smallest absolute Gasteiger partial charge is 0.148 e. The van der Waals surface area contributed by atoms with E-state index >= 15 is 0 Å². The Labute approximate surface area is 191 Å². The summed E-state index contributed by atoms with van der Waals surface area (Å²) < 4.78 is 1.85. The van der Waals surface area contributed by atoms with E-state index in [0.717, 1.165) is 47.1 Å². The van der Waals surface area contributed by atoms with E-state index in [1.807, 2.05) is 30.1 Å². The Bertz CT molecular complexity index is 993. The Hall–Kier alpha value is -2.73. The molecule has 3 atom stereocenters. The summed E-state index contributed by atoms with van der Waals surface area (Å²) in [5.74, 6) is 3.46.